The van der Waals surface area contributed by atoms with Crippen molar-refractivity contribution in [2.75, 3.05) is 0 Å². The van der Waals surface area contributed by atoms with Gasteiger partial charge in [0, 0.05) is 4.47 Å². The van der Waals surface area contributed by atoms with Crippen molar-refractivity contribution in [3.05, 3.63) is 58.5 Å². The summed E-state index contributed by atoms with van der Waals surface area (Å²) < 4.78 is 6.03. The molecule has 0 fully saturated rings. The number of benzene rings is 1. The number of carbonyl (C=O) groups is 1. The number of halogens is 1. The van der Waals surface area contributed by atoms with Crippen LogP contribution < -0.4 is 5.32 Å². The highest BCUT2D eigenvalue weighted by molar-refractivity contribution is 9.10. The first-order chi connectivity index (χ1) is 8.16. The molecule has 1 atom stereocenters. The minimum Gasteiger partial charge on any atom is -0.459 e. The van der Waals surface area contributed by atoms with Crippen LogP contribution in [-0.4, -0.2) is 5.91 Å². The standard InChI is InChI=1S/C13H12BrNO2/c1-9(10-4-2-5-11(14)8-10)15-13(16)12-6-3-7-17-12/h2-9H,1H3,(H,15,16)/t9-/m0/s1. The highest BCUT2D eigenvalue weighted by atomic mass is 79.9. The zero-order valence-corrected chi connectivity index (χ0v) is 10.9. The third-order valence-corrected chi connectivity index (χ3v) is 2.93. The van der Waals surface area contributed by atoms with Gasteiger partial charge in [-0.25, -0.2) is 0 Å². The van der Waals surface area contributed by atoms with Crippen molar-refractivity contribution in [1.82, 2.24) is 5.32 Å². The summed E-state index contributed by atoms with van der Waals surface area (Å²) in [4.78, 5) is 11.8. The van der Waals surface area contributed by atoms with Crippen molar-refractivity contribution < 1.29 is 9.21 Å². The van der Waals surface area contributed by atoms with Crippen molar-refractivity contribution in [1.29, 1.82) is 0 Å². The lowest BCUT2D eigenvalue weighted by atomic mass is 10.1. The smallest absolute Gasteiger partial charge is 0.287 e. The number of carbonyl (C=O) groups excluding carboxylic acids is 1. The van der Waals surface area contributed by atoms with Crippen LogP contribution >= 0.6 is 15.9 Å². The van der Waals surface area contributed by atoms with E-state index >= 15 is 0 Å². The number of rotatable bonds is 3. The van der Waals surface area contributed by atoms with Crippen LogP contribution in [0, 0.1) is 0 Å². The molecule has 4 heteroatoms. The molecule has 0 aliphatic rings. The Morgan fingerprint density at radius 2 is 2.18 bits per heavy atom. The summed E-state index contributed by atoms with van der Waals surface area (Å²) in [7, 11) is 0. The largest absolute Gasteiger partial charge is 0.459 e. The summed E-state index contributed by atoms with van der Waals surface area (Å²) in [6.45, 7) is 1.93. The van der Waals surface area contributed by atoms with Gasteiger partial charge in [-0.3, -0.25) is 4.79 Å². The van der Waals surface area contributed by atoms with Gasteiger partial charge in [0.25, 0.3) is 5.91 Å². The summed E-state index contributed by atoms with van der Waals surface area (Å²) in [5.74, 6) is 0.120. The summed E-state index contributed by atoms with van der Waals surface area (Å²) in [6, 6.07) is 11.1. The van der Waals surface area contributed by atoms with E-state index in [9.17, 15) is 4.79 Å². The second-order valence-electron chi connectivity index (χ2n) is 3.73. The van der Waals surface area contributed by atoms with Crippen LogP contribution in [0.4, 0.5) is 0 Å². The van der Waals surface area contributed by atoms with E-state index in [-0.39, 0.29) is 11.9 Å². The molecule has 1 aromatic heterocycles. The number of amides is 1. The first-order valence-electron chi connectivity index (χ1n) is 5.26. The fourth-order valence-electron chi connectivity index (χ4n) is 1.53. The van der Waals surface area contributed by atoms with Gasteiger partial charge in [0.2, 0.25) is 0 Å². The number of hydrogen-bond acceptors (Lipinski definition) is 2. The Bertz CT molecular complexity index is 508. The lowest BCUT2D eigenvalue weighted by molar-refractivity contribution is 0.0912. The van der Waals surface area contributed by atoms with Gasteiger partial charge < -0.3 is 9.73 Å². The fourth-order valence-corrected chi connectivity index (χ4v) is 1.95. The molecule has 0 bridgehead atoms. The molecule has 2 rings (SSSR count). The fraction of sp³-hybridized carbons (Fsp3) is 0.154. The van der Waals surface area contributed by atoms with E-state index in [1.807, 2.05) is 31.2 Å². The summed E-state index contributed by atoms with van der Waals surface area (Å²) >= 11 is 3.40. The average molecular weight is 294 g/mol. The van der Waals surface area contributed by atoms with E-state index in [0.29, 0.717) is 5.76 Å². The zero-order valence-electron chi connectivity index (χ0n) is 9.31. The summed E-state index contributed by atoms with van der Waals surface area (Å²) in [6.07, 6.45) is 1.48. The third kappa shape index (κ3) is 2.97. The van der Waals surface area contributed by atoms with Gasteiger partial charge in [-0.05, 0) is 36.8 Å². The molecule has 88 valence electrons. The van der Waals surface area contributed by atoms with Gasteiger partial charge in [-0.15, -0.1) is 0 Å². The van der Waals surface area contributed by atoms with Crippen LogP contribution in [0.2, 0.25) is 0 Å². The molecule has 1 amide bonds. The molecule has 0 aliphatic heterocycles. The van der Waals surface area contributed by atoms with Crippen molar-refractivity contribution >= 4 is 21.8 Å². The zero-order chi connectivity index (χ0) is 12.3. The molecule has 17 heavy (non-hydrogen) atoms. The quantitative estimate of drug-likeness (QED) is 0.941. The minimum atomic E-state index is -0.206. The maximum atomic E-state index is 11.8. The Kier molecular flexibility index (Phi) is 3.64. The first-order valence-corrected chi connectivity index (χ1v) is 6.06. The molecule has 3 nitrogen and oxygen atoms in total. The molecule has 0 radical (unpaired) electrons. The molecule has 1 N–H and O–H groups in total. The number of hydrogen-bond donors (Lipinski definition) is 1. The monoisotopic (exact) mass is 293 g/mol. The maximum Gasteiger partial charge on any atom is 0.287 e. The van der Waals surface area contributed by atoms with Gasteiger partial charge in [0.15, 0.2) is 5.76 Å². The van der Waals surface area contributed by atoms with Crippen LogP contribution in [0.5, 0.6) is 0 Å². The lowest BCUT2D eigenvalue weighted by Gasteiger charge is -2.13. The summed E-state index contributed by atoms with van der Waals surface area (Å²) in [5, 5.41) is 2.87. The van der Waals surface area contributed by atoms with Gasteiger partial charge in [0.1, 0.15) is 0 Å². The maximum absolute atomic E-state index is 11.8. The minimum absolute atomic E-state index is 0.0647. The van der Waals surface area contributed by atoms with Crippen LogP contribution in [0.3, 0.4) is 0 Å². The van der Waals surface area contributed by atoms with Crippen molar-refractivity contribution in [3.63, 3.8) is 0 Å². The van der Waals surface area contributed by atoms with Gasteiger partial charge in [-0.1, -0.05) is 28.1 Å². The van der Waals surface area contributed by atoms with E-state index in [1.54, 1.807) is 12.1 Å². The predicted molar refractivity (Wildman–Crippen MR) is 68.7 cm³/mol. The Labute approximate surface area is 108 Å². The SMILES string of the molecule is C[C@H](NC(=O)c1ccco1)c1cccc(Br)c1. The van der Waals surface area contributed by atoms with E-state index in [4.69, 9.17) is 4.42 Å². The van der Waals surface area contributed by atoms with Crippen LogP contribution in [0.25, 0.3) is 0 Å². The van der Waals surface area contributed by atoms with E-state index in [2.05, 4.69) is 21.2 Å². The van der Waals surface area contributed by atoms with Gasteiger partial charge >= 0.3 is 0 Å². The third-order valence-electron chi connectivity index (χ3n) is 2.44. The van der Waals surface area contributed by atoms with Gasteiger partial charge in [-0.2, -0.15) is 0 Å². The topological polar surface area (TPSA) is 42.2 Å². The highest BCUT2D eigenvalue weighted by Gasteiger charge is 2.13. The molecule has 0 saturated carbocycles. The molecule has 0 unspecified atom stereocenters. The van der Waals surface area contributed by atoms with E-state index in [0.717, 1.165) is 10.0 Å². The first kappa shape index (κ1) is 11.9. The molecular weight excluding hydrogens is 282 g/mol. The Hall–Kier alpha value is -1.55. The van der Waals surface area contributed by atoms with Crippen LogP contribution in [0.15, 0.2) is 51.6 Å². The van der Waals surface area contributed by atoms with Crippen molar-refractivity contribution in [2.45, 2.75) is 13.0 Å². The van der Waals surface area contributed by atoms with E-state index < -0.39 is 0 Å². The molecule has 1 heterocycles. The summed E-state index contributed by atoms with van der Waals surface area (Å²) in [5.41, 5.74) is 1.04. The Balaban J connectivity index is 2.07. The second-order valence-corrected chi connectivity index (χ2v) is 4.64. The van der Waals surface area contributed by atoms with Crippen molar-refractivity contribution in [3.8, 4) is 0 Å². The Morgan fingerprint density at radius 3 is 2.82 bits per heavy atom. The Morgan fingerprint density at radius 1 is 1.35 bits per heavy atom. The lowest BCUT2D eigenvalue weighted by Crippen LogP contribution is -2.26. The molecule has 2 aromatic rings. The molecule has 1 aromatic carbocycles. The van der Waals surface area contributed by atoms with Gasteiger partial charge in [0.05, 0.1) is 12.3 Å². The van der Waals surface area contributed by atoms with Crippen LogP contribution in [-0.2, 0) is 0 Å². The molecule has 0 saturated heterocycles. The number of nitrogens with one attached hydrogen (secondary N) is 1. The van der Waals surface area contributed by atoms with Crippen molar-refractivity contribution in [2.24, 2.45) is 0 Å². The second kappa shape index (κ2) is 5.19. The normalized spacial score (nSPS) is 12.1. The average Bonchev–Trinajstić information content (AvgIpc) is 2.82. The predicted octanol–water partition coefficient (Wildman–Crippen LogP) is 3.53. The highest BCUT2D eigenvalue weighted by Crippen LogP contribution is 2.18. The number of furan rings is 1. The molecule has 0 spiro atoms. The molecular formula is C13H12BrNO2. The van der Waals surface area contributed by atoms with Crippen LogP contribution in [0.1, 0.15) is 29.1 Å². The molecule has 0 aliphatic carbocycles. The van der Waals surface area contributed by atoms with E-state index in [1.165, 1.54) is 6.26 Å².